The smallest absolute Gasteiger partial charge is 0.408 e. The number of ether oxygens (including phenoxy) is 7. The molecule has 0 spiro atoms. The first kappa shape index (κ1) is 33.7. The minimum Gasteiger partial charge on any atom is -0.467 e. The third-order valence-electron chi connectivity index (χ3n) is 5.73. The van der Waals surface area contributed by atoms with E-state index in [1.807, 2.05) is 6.07 Å². The molecule has 42 heavy (non-hydrogen) atoms. The monoisotopic (exact) mass is 593 g/mol. The fourth-order valence-electron chi connectivity index (χ4n) is 4.06. The van der Waals surface area contributed by atoms with Crippen LogP contribution in [0.2, 0.25) is 0 Å². The van der Waals surface area contributed by atoms with Gasteiger partial charge in [-0.2, -0.15) is 0 Å². The number of nitrogens with one attached hydrogen (secondary N) is 1. The molecule has 1 aliphatic heterocycles. The molecule has 0 aromatic heterocycles. The summed E-state index contributed by atoms with van der Waals surface area (Å²) in [4.78, 5) is 71.9. The largest absolute Gasteiger partial charge is 0.467 e. The molecule has 14 heteroatoms. The Kier molecular flexibility index (Phi) is 13.4. The molecule has 1 amide bonds. The van der Waals surface area contributed by atoms with Crippen LogP contribution in [0.25, 0.3) is 0 Å². The molecule has 1 aromatic rings. The van der Waals surface area contributed by atoms with Gasteiger partial charge in [-0.3, -0.25) is 19.2 Å². The molecular weight excluding hydrogens is 558 g/mol. The van der Waals surface area contributed by atoms with Gasteiger partial charge in [0.15, 0.2) is 18.3 Å². The van der Waals surface area contributed by atoms with Crippen LogP contribution in [-0.4, -0.2) is 86.2 Å². The molecule has 0 unspecified atom stereocenters. The highest BCUT2D eigenvalue weighted by atomic mass is 16.7. The maximum atomic E-state index is 12.3. The van der Waals surface area contributed by atoms with Gasteiger partial charge in [0, 0.05) is 27.7 Å². The number of esters is 5. The first-order valence-corrected chi connectivity index (χ1v) is 12.9. The van der Waals surface area contributed by atoms with E-state index in [9.17, 15) is 28.8 Å². The molecule has 6 atom stereocenters. The SMILES string of the molecule is COC(=O)[C@H](/C=C/C[C@H]1O[C@H](COC(C)=O)[C@@H](OC(C)=O)[C@H](OC(C)=O)[C@H]1OC(C)=O)NC(=O)OCc1ccccc1. The van der Waals surface area contributed by atoms with Gasteiger partial charge in [0.1, 0.15) is 31.5 Å². The lowest BCUT2D eigenvalue weighted by Gasteiger charge is -2.44. The van der Waals surface area contributed by atoms with Crippen LogP contribution in [0.3, 0.4) is 0 Å². The molecule has 14 nitrogen and oxygen atoms in total. The Morgan fingerprint density at radius 2 is 1.38 bits per heavy atom. The zero-order valence-corrected chi connectivity index (χ0v) is 23.9. The van der Waals surface area contributed by atoms with Gasteiger partial charge in [0.2, 0.25) is 0 Å². The molecule has 1 heterocycles. The number of methoxy groups -OCH3 is 1. The summed E-state index contributed by atoms with van der Waals surface area (Å²) in [6.07, 6.45) is -4.23. The normalized spacial score (nSPS) is 22.3. The predicted molar refractivity (Wildman–Crippen MR) is 141 cm³/mol. The maximum Gasteiger partial charge on any atom is 0.408 e. The Balaban J connectivity index is 2.27. The van der Waals surface area contributed by atoms with Crippen LogP contribution in [0.5, 0.6) is 0 Å². The van der Waals surface area contributed by atoms with Gasteiger partial charge in [0.05, 0.1) is 7.11 Å². The lowest BCUT2D eigenvalue weighted by Crippen LogP contribution is -2.62. The van der Waals surface area contributed by atoms with Crippen molar-refractivity contribution in [1.29, 1.82) is 0 Å². The highest BCUT2D eigenvalue weighted by Crippen LogP contribution is 2.31. The van der Waals surface area contributed by atoms with E-state index in [0.717, 1.165) is 33.4 Å². The first-order valence-electron chi connectivity index (χ1n) is 12.9. The standard InChI is InChI=1S/C28H35NO13/c1-16(30)37-15-23-25(40-18(3)32)26(41-19(4)33)24(39-17(2)31)22(42-23)13-9-12-21(27(34)36-5)29-28(35)38-14-20-10-7-6-8-11-20/h6-12,21-26H,13-15H2,1-5H3,(H,29,35)/b12-9+/t21-,22+,23+,24-,25+,26+/m0/s1. The second-order valence-electron chi connectivity index (χ2n) is 9.11. The summed E-state index contributed by atoms with van der Waals surface area (Å²) < 4.78 is 37.1. The minimum absolute atomic E-state index is 0.0327. The Labute approximate surface area is 242 Å². The fraction of sp³-hybridized carbons (Fsp3) is 0.500. The number of rotatable bonds is 12. The van der Waals surface area contributed by atoms with Crippen LogP contribution in [0.1, 0.15) is 39.7 Å². The average molecular weight is 594 g/mol. The lowest BCUT2D eigenvalue weighted by molar-refractivity contribution is -0.251. The summed E-state index contributed by atoms with van der Waals surface area (Å²) >= 11 is 0. The molecule has 1 aromatic carbocycles. The highest BCUT2D eigenvalue weighted by Gasteiger charge is 2.51. The van der Waals surface area contributed by atoms with E-state index in [-0.39, 0.29) is 19.6 Å². The quantitative estimate of drug-likeness (QED) is 0.210. The molecular formula is C28H35NO13. The van der Waals surface area contributed by atoms with Crippen LogP contribution >= 0.6 is 0 Å². The van der Waals surface area contributed by atoms with Gasteiger partial charge in [-0.25, -0.2) is 9.59 Å². The van der Waals surface area contributed by atoms with Gasteiger partial charge in [0.25, 0.3) is 0 Å². The van der Waals surface area contributed by atoms with Crippen LogP contribution in [0.4, 0.5) is 4.79 Å². The van der Waals surface area contributed by atoms with Crippen molar-refractivity contribution in [3.05, 3.63) is 48.0 Å². The van der Waals surface area contributed by atoms with Crippen LogP contribution in [0.15, 0.2) is 42.5 Å². The minimum atomic E-state index is -1.33. The zero-order valence-electron chi connectivity index (χ0n) is 23.9. The molecule has 1 aliphatic rings. The molecule has 1 N–H and O–H groups in total. The van der Waals surface area contributed by atoms with E-state index >= 15 is 0 Å². The number of benzene rings is 1. The average Bonchev–Trinajstić information content (AvgIpc) is 2.92. The van der Waals surface area contributed by atoms with Crippen molar-refractivity contribution in [1.82, 2.24) is 5.32 Å². The molecule has 0 radical (unpaired) electrons. The predicted octanol–water partition coefficient (Wildman–Crippen LogP) is 1.53. The van der Waals surface area contributed by atoms with Crippen molar-refractivity contribution in [3.8, 4) is 0 Å². The summed E-state index contributed by atoms with van der Waals surface area (Å²) in [6, 6.07) is 7.64. The summed E-state index contributed by atoms with van der Waals surface area (Å²) in [6.45, 7) is 4.12. The number of carbonyl (C=O) groups is 6. The summed E-state index contributed by atoms with van der Waals surface area (Å²) in [5.41, 5.74) is 0.737. The number of hydrogen-bond acceptors (Lipinski definition) is 13. The summed E-state index contributed by atoms with van der Waals surface area (Å²) in [7, 11) is 1.14. The van der Waals surface area contributed by atoms with E-state index in [0.29, 0.717) is 0 Å². The third-order valence-corrected chi connectivity index (χ3v) is 5.73. The lowest BCUT2D eigenvalue weighted by atomic mass is 9.92. The number of amides is 1. The third kappa shape index (κ3) is 11.2. The van der Waals surface area contributed by atoms with Crippen LogP contribution in [-0.2, 0) is 63.7 Å². The van der Waals surface area contributed by atoms with Gasteiger partial charge in [-0.1, -0.05) is 42.5 Å². The van der Waals surface area contributed by atoms with Crippen LogP contribution < -0.4 is 5.32 Å². The van der Waals surface area contributed by atoms with Gasteiger partial charge in [-0.05, 0) is 12.0 Å². The first-order chi connectivity index (χ1) is 19.9. The molecule has 0 saturated carbocycles. The van der Waals surface area contributed by atoms with Gasteiger partial charge >= 0.3 is 35.9 Å². The topological polar surface area (TPSA) is 179 Å². The molecule has 1 fully saturated rings. The second-order valence-corrected chi connectivity index (χ2v) is 9.11. The van der Waals surface area contributed by atoms with Crippen molar-refractivity contribution in [2.75, 3.05) is 13.7 Å². The van der Waals surface area contributed by atoms with Crippen molar-refractivity contribution in [3.63, 3.8) is 0 Å². The van der Waals surface area contributed by atoms with Crippen molar-refractivity contribution < 1.29 is 61.9 Å². The fourth-order valence-corrected chi connectivity index (χ4v) is 4.06. The number of alkyl carbamates (subject to hydrolysis) is 1. The summed E-state index contributed by atoms with van der Waals surface area (Å²) in [5, 5.41) is 2.39. The van der Waals surface area contributed by atoms with Crippen molar-refractivity contribution in [2.45, 2.75) is 77.3 Å². The number of hydrogen-bond donors (Lipinski definition) is 1. The van der Waals surface area contributed by atoms with Gasteiger partial charge in [-0.15, -0.1) is 0 Å². The van der Waals surface area contributed by atoms with E-state index < -0.39 is 72.5 Å². The Morgan fingerprint density at radius 1 is 0.810 bits per heavy atom. The molecule has 0 bridgehead atoms. The van der Waals surface area contributed by atoms with Gasteiger partial charge < -0.3 is 38.5 Å². The highest BCUT2D eigenvalue weighted by molar-refractivity contribution is 5.83. The molecule has 0 aliphatic carbocycles. The molecule has 230 valence electrons. The molecule has 2 rings (SSSR count). The maximum absolute atomic E-state index is 12.3. The summed E-state index contributed by atoms with van der Waals surface area (Å²) in [5.74, 6) is -3.70. The van der Waals surface area contributed by atoms with Crippen molar-refractivity contribution in [2.24, 2.45) is 0 Å². The Bertz CT molecular complexity index is 1140. The molecule has 1 saturated heterocycles. The van der Waals surface area contributed by atoms with Crippen LogP contribution in [0, 0.1) is 0 Å². The Morgan fingerprint density at radius 3 is 1.93 bits per heavy atom. The Hall–Kier alpha value is -4.46. The van der Waals surface area contributed by atoms with E-state index in [1.54, 1.807) is 24.3 Å². The van der Waals surface area contributed by atoms with Crippen molar-refractivity contribution >= 4 is 35.9 Å². The zero-order chi connectivity index (χ0) is 31.2. The second kappa shape index (κ2) is 16.7. The van der Waals surface area contributed by atoms with E-state index in [1.165, 1.54) is 19.1 Å². The van der Waals surface area contributed by atoms with E-state index in [2.05, 4.69) is 5.32 Å². The van der Waals surface area contributed by atoms with E-state index in [4.69, 9.17) is 33.2 Å². The number of carbonyl (C=O) groups excluding carboxylic acids is 6.